The first-order valence-electron chi connectivity index (χ1n) is 5.67. The second-order valence-electron chi connectivity index (χ2n) is 4.37. The van der Waals surface area contributed by atoms with Crippen molar-refractivity contribution in [1.82, 2.24) is 0 Å². The summed E-state index contributed by atoms with van der Waals surface area (Å²) in [5.74, 6) is -3.54. The molecule has 0 fully saturated rings. The fraction of sp³-hybridized carbons (Fsp3) is 0.250. The number of rotatable bonds is 2. The molecule has 1 aromatic carbocycles. The van der Waals surface area contributed by atoms with E-state index in [1.54, 1.807) is 0 Å². The van der Waals surface area contributed by atoms with Gasteiger partial charge in [0, 0.05) is 11.1 Å². The van der Waals surface area contributed by atoms with Crippen LogP contribution in [0.15, 0.2) is 35.7 Å². The lowest BCUT2D eigenvalue weighted by molar-refractivity contribution is -0.170. The molecular weight excluding hydrogens is 314 g/mol. The first-order chi connectivity index (χ1) is 9.60. The molecule has 0 radical (unpaired) electrons. The number of halogens is 4. The van der Waals surface area contributed by atoms with Crippen molar-refractivity contribution >= 4 is 21.4 Å². The first-order valence-corrected chi connectivity index (χ1v) is 7.38. The number of hydrogen-bond donors (Lipinski definition) is 0. The molecule has 0 aromatic heterocycles. The van der Waals surface area contributed by atoms with E-state index in [4.69, 9.17) is 0 Å². The van der Waals surface area contributed by atoms with Crippen LogP contribution in [0.4, 0.5) is 23.2 Å². The molecule has 1 aliphatic rings. The number of amides is 1. The summed E-state index contributed by atoms with van der Waals surface area (Å²) in [6, 6.07) is 2.46. The van der Waals surface area contributed by atoms with Crippen molar-refractivity contribution in [2.75, 3.05) is 10.7 Å². The van der Waals surface area contributed by atoms with Crippen LogP contribution in [0.3, 0.4) is 0 Å². The maximum atomic E-state index is 12.8. The van der Waals surface area contributed by atoms with Gasteiger partial charge in [0.05, 0.1) is 11.8 Å². The summed E-state index contributed by atoms with van der Waals surface area (Å²) in [5.41, 5.74) is -0.231. The SMILES string of the molecule is O=C(N(c1ccc(F)cc1)C1C=CS(=O)(=O)C1)C(F)(F)F. The lowest BCUT2D eigenvalue weighted by Gasteiger charge is -2.28. The predicted molar refractivity (Wildman–Crippen MR) is 66.7 cm³/mol. The van der Waals surface area contributed by atoms with E-state index in [0.717, 1.165) is 35.7 Å². The van der Waals surface area contributed by atoms with Gasteiger partial charge in [0.25, 0.3) is 0 Å². The highest BCUT2D eigenvalue weighted by Crippen LogP contribution is 2.28. The molecule has 1 aromatic rings. The van der Waals surface area contributed by atoms with E-state index in [2.05, 4.69) is 0 Å². The third-order valence-corrected chi connectivity index (χ3v) is 4.19. The van der Waals surface area contributed by atoms with Crippen LogP contribution in [0.2, 0.25) is 0 Å². The summed E-state index contributed by atoms with van der Waals surface area (Å²) >= 11 is 0. The Morgan fingerprint density at radius 1 is 1.19 bits per heavy atom. The Hall–Kier alpha value is -1.90. The minimum absolute atomic E-state index is 0.231. The third kappa shape index (κ3) is 3.41. The van der Waals surface area contributed by atoms with Crippen molar-refractivity contribution in [3.8, 4) is 0 Å². The molecule has 0 saturated carbocycles. The minimum atomic E-state index is -5.17. The fourth-order valence-electron chi connectivity index (χ4n) is 1.92. The molecule has 114 valence electrons. The number of anilines is 1. The summed E-state index contributed by atoms with van der Waals surface area (Å²) in [6.45, 7) is 0. The molecule has 1 unspecified atom stereocenters. The average Bonchev–Trinajstić information content (AvgIpc) is 2.71. The zero-order chi connectivity index (χ0) is 15.8. The Morgan fingerprint density at radius 2 is 1.76 bits per heavy atom. The summed E-state index contributed by atoms with van der Waals surface area (Å²) in [5, 5.41) is 0.762. The summed E-state index contributed by atoms with van der Waals surface area (Å²) < 4.78 is 73.5. The van der Waals surface area contributed by atoms with Crippen molar-refractivity contribution < 1.29 is 30.8 Å². The summed E-state index contributed by atoms with van der Waals surface area (Å²) in [4.78, 5) is 11.8. The highest BCUT2D eigenvalue weighted by atomic mass is 32.2. The minimum Gasteiger partial charge on any atom is -0.297 e. The van der Waals surface area contributed by atoms with E-state index in [0.29, 0.717) is 4.90 Å². The molecule has 9 heteroatoms. The van der Waals surface area contributed by atoms with Crippen LogP contribution in [-0.2, 0) is 14.6 Å². The predicted octanol–water partition coefficient (Wildman–Crippen LogP) is 2.03. The number of carbonyl (C=O) groups is 1. The molecule has 0 aliphatic carbocycles. The molecule has 1 aliphatic heterocycles. The van der Waals surface area contributed by atoms with E-state index >= 15 is 0 Å². The van der Waals surface area contributed by atoms with Crippen molar-refractivity contribution in [3.05, 3.63) is 41.6 Å². The molecule has 1 atom stereocenters. The normalized spacial score (nSPS) is 20.5. The lowest BCUT2D eigenvalue weighted by atomic mass is 10.2. The van der Waals surface area contributed by atoms with E-state index in [9.17, 15) is 30.8 Å². The first kappa shape index (κ1) is 15.5. The zero-order valence-electron chi connectivity index (χ0n) is 10.3. The molecule has 0 N–H and O–H groups in total. The Morgan fingerprint density at radius 3 is 2.19 bits per heavy atom. The quantitative estimate of drug-likeness (QED) is 0.783. The standard InChI is InChI=1S/C12H9F4NO3S/c13-8-1-3-9(4-2-8)17(11(18)12(14,15)16)10-5-6-21(19,20)7-10/h1-6,10H,7H2. The molecular formula is C12H9F4NO3S. The van der Waals surface area contributed by atoms with E-state index in [1.807, 2.05) is 0 Å². The van der Waals surface area contributed by atoms with Gasteiger partial charge in [-0.05, 0) is 30.3 Å². The maximum absolute atomic E-state index is 12.8. The summed E-state index contributed by atoms with van der Waals surface area (Å²) in [7, 11) is -3.65. The van der Waals surface area contributed by atoms with Crippen molar-refractivity contribution in [2.45, 2.75) is 12.2 Å². The van der Waals surface area contributed by atoms with Crippen LogP contribution in [0.5, 0.6) is 0 Å². The number of alkyl halides is 3. The number of nitrogens with zero attached hydrogens (tertiary/aromatic N) is 1. The fourth-order valence-corrected chi connectivity index (χ4v) is 3.19. The van der Waals surface area contributed by atoms with Crippen molar-refractivity contribution in [1.29, 1.82) is 0 Å². The molecule has 1 amide bonds. The van der Waals surface area contributed by atoms with Gasteiger partial charge in [-0.1, -0.05) is 0 Å². The lowest BCUT2D eigenvalue weighted by Crippen LogP contribution is -2.47. The van der Waals surface area contributed by atoms with Crippen LogP contribution in [0, 0.1) is 5.82 Å². The van der Waals surface area contributed by atoms with E-state index in [1.165, 1.54) is 0 Å². The average molecular weight is 323 g/mol. The van der Waals surface area contributed by atoms with Crippen LogP contribution >= 0.6 is 0 Å². The molecule has 4 nitrogen and oxygen atoms in total. The third-order valence-electron chi connectivity index (χ3n) is 2.81. The number of hydrogen-bond acceptors (Lipinski definition) is 3. The Bertz CT molecular complexity index is 679. The monoisotopic (exact) mass is 323 g/mol. The Balaban J connectivity index is 2.43. The smallest absolute Gasteiger partial charge is 0.297 e. The van der Waals surface area contributed by atoms with Gasteiger partial charge in [-0.25, -0.2) is 12.8 Å². The Kier molecular flexibility index (Phi) is 3.79. The second-order valence-corrected chi connectivity index (χ2v) is 6.31. The van der Waals surface area contributed by atoms with Gasteiger partial charge in [0.1, 0.15) is 5.82 Å². The highest BCUT2D eigenvalue weighted by molar-refractivity contribution is 7.94. The van der Waals surface area contributed by atoms with Crippen LogP contribution < -0.4 is 4.90 Å². The number of sulfone groups is 1. The van der Waals surface area contributed by atoms with Gasteiger partial charge >= 0.3 is 12.1 Å². The molecule has 2 rings (SSSR count). The molecule has 21 heavy (non-hydrogen) atoms. The van der Waals surface area contributed by atoms with E-state index in [-0.39, 0.29) is 5.69 Å². The molecule has 0 saturated heterocycles. The topological polar surface area (TPSA) is 54.5 Å². The molecule has 0 spiro atoms. The van der Waals surface area contributed by atoms with Crippen LogP contribution in [0.25, 0.3) is 0 Å². The maximum Gasteiger partial charge on any atom is 0.471 e. The van der Waals surface area contributed by atoms with Crippen molar-refractivity contribution in [2.24, 2.45) is 0 Å². The Labute approximate surface area is 117 Å². The van der Waals surface area contributed by atoms with Gasteiger partial charge in [0.15, 0.2) is 9.84 Å². The molecule has 1 heterocycles. The van der Waals surface area contributed by atoms with Gasteiger partial charge in [-0.2, -0.15) is 13.2 Å². The summed E-state index contributed by atoms with van der Waals surface area (Å²) in [6.07, 6.45) is -4.17. The van der Waals surface area contributed by atoms with Crippen molar-refractivity contribution in [3.63, 3.8) is 0 Å². The largest absolute Gasteiger partial charge is 0.471 e. The second kappa shape index (κ2) is 5.14. The molecule has 0 bridgehead atoms. The van der Waals surface area contributed by atoms with E-state index < -0.39 is 39.5 Å². The van der Waals surface area contributed by atoms with Gasteiger partial charge in [-0.3, -0.25) is 9.69 Å². The van der Waals surface area contributed by atoms with Crippen LogP contribution in [0.1, 0.15) is 0 Å². The van der Waals surface area contributed by atoms with Gasteiger partial charge in [0.2, 0.25) is 0 Å². The van der Waals surface area contributed by atoms with Gasteiger partial charge in [-0.15, -0.1) is 0 Å². The number of carbonyl (C=O) groups excluding carboxylic acids is 1. The zero-order valence-corrected chi connectivity index (χ0v) is 11.2. The highest BCUT2D eigenvalue weighted by Gasteiger charge is 2.46. The van der Waals surface area contributed by atoms with Gasteiger partial charge < -0.3 is 0 Å². The van der Waals surface area contributed by atoms with Crippen LogP contribution in [-0.4, -0.2) is 32.3 Å². The number of benzene rings is 1.